The first kappa shape index (κ1) is 21.4. The number of nitrogens with zero attached hydrogens (tertiary/aromatic N) is 1. The van der Waals surface area contributed by atoms with Gasteiger partial charge in [0.25, 0.3) is 5.91 Å². The Morgan fingerprint density at radius 2 is 1.80 bits per heavy atom. The summed E-state index contributed by atoms with van der Waals surface area (Å²) >= 11 is 0. The molecular formula is C23H26N2O5. The van der Waals surface area contributed by atoms with Crippen molar-refractivity contribution >= 4 is 23.5 Å². The van der Waals surface area contributed by atoms with Crippen molar-refractivity contribution in [1.82, 2.24) is 4.90 Å². The fraction of sp³-hybridized carbons (Fsp3) is 0.348. The van der Waals surface area contributed by atoms with Crippen molar-refractivity contribution in [3.05, 3.63) is 59.2 Å². The van der Waals surface area contributed by atoms with Crippen LogP contribution in [0.2, 0.25) is 0 Å². The van der Waals surface area contributed by atoms with Gasteiger partial charge in [-0.1, -0.05) is 17.7 Å². The van der Waals surface area contributed by atoms with E-state index < -0.39 is 5.97 Å². The number of carbonyl (C=O) groups is 3. The van der Waals surface area contributed by atoms with Crippen molar-refractivity contribution in [3.63, 3.8) is 0 Å². The second kappa shape index (κ2) is 9.43. The van der Waals surface area contributed by atoms with E-state index in [0.717, 1.165) is 12.0 Å². The summed E-state index contributed by atoms with van der Waals surface area (Å²) in [6.45, 7) is 2.92. The Labute approximate surface area is 176 Å². The van der Waals surface area contributed by atoms with E-state index >= 15 is 0 Å². The molecule has 1 aliphatic heterocycles. The van der Waals surface area contributed by atoms with Gasteiger partial charge in [-0.15, -0.1) is 0 Å². The molecule has 0 saturated carbocycles. The standard InChI is InChI=1S/C23H26N2O5/c1-15-6-8-16(9-7-15)22(27)25-12-4-5-17(14-25)21(26)24-20-11-10-18(29-2)13-19(20)23(28)30-3/h6-11,13,17H,4-5,12,14H2,1-3H3,(H,24,26). The van der Waals surface area contributed by atoms with Gasteiger partial charge in [0.15, 0.2) is 0 Å². The van der Waals surface area contributed by atoms with Crippen LogP contribution in [-0.2, 0) is 9.53 Å². The van der Waals surface area contributed by atoms with Crippen LogP contribution in [0.25, 0.3) is 0 Å². The molecule has 1 fully saturated rings. The zero-order chi connectivity index (χ0) is 21.7. The van der Waals surface area contributed by atoms with Gasteiger partial charge in [-0.05, 0) is 50.1 Å². The number of hydrogen-bond acceptors (Lipinski definition) is 5. The Hall–Kier alpha value is -3.35. The molecule has 7 nitrogen and oxygen atoms in total. The highest BCUT2D eigenvalue weighted by atomic mass is 16.5. The lowest BCUT2D eigenvalue weighted by molar-refractivity contribution is -0.121. The van der Waals surface area contributed by atoms with Gasteiger partial charge in [0.1, 0.15) is 5.75 Å². The maximum atomic E-state index is 12.9. The number of esters is 1. The Balaban J connectivity index is 1.72. The Bertz CT molecular complexity index is 939. The molecule has 0 aromatic heterocycles. The summed E-state index contributed by atoms with van der Waals surface area (Å²) < 4.78 is 9.96. The maximum Gasteiger partial charge on any atom is 0.340 e. The van der Waals surface area contributed by atoms with E-state index in [1.54, 1.807) is 29.2 Å². The van der Waals surface area contributed by atoms with Crippen LogP contribution in [0, 0.1) is 12.8 Å². The molecule has 1 N–H and O–H groups in total. The molecule has 3 rings (SSSR count). The zero-order valence-electron chi connectivity index (χ0n) is 17.4. The number of hydrogen-bond donors (Lipinski definition) is 1. The lowest BCUT2D eigenvalue weighted by atomic mass is 9.96. The highest BCUT2D eigenvalue weighted by molar-refractivity contribution is 6.02. The summed E-state index contributed by atoms with van der Waals surface area (Å²) in [5, 5.41) is 2.82. The minimum Gasteiger partial charge on any atom is -0.497 e. The average molecular weight is 410 g/mol. The number of anilines is 1. The molecule has 1 heterocycles. The van der Waals surface area contributed by atoms with Gasteiger partial charge in [0.2, 0.25) is 5.91 Å². The van der Waals surface area contributed by atoms with Gasteiger partial charge in [0.05, 0.1) is 31.4 Å². The molecule has 158 valence electrons. The van der Waals surface area contributed by atoms with E-state index in [1.807, 2.05) is 19.1 Å². The van der Waals surface area contributed by atoms with Crippen LogP contribution in [-0.4, -0.2) is 50.0 Å². The fourth-order valence-electron chi connectivity index (χ4n) is 3.53. The molecule has 2 aromatic rings. The molecule has 1 saturated heterocycles. The second-order valence-electron chi connectivity index (χ2n) is 7.35. The third-order valence-corrected chi connectivity index (χ3v) is 5.27. The van der Waals surface area contributed by atoms with Crippen LogP contribution < -0.4 is 10.1 Å². The number of likely N-dealkylation sites (tertiary alicyclic amines) is 1. The quantitative estimate of drug-likeness (QED) is 0.765. The first-order valence-electron chi connectivity index (χ1n) is 9.86. The predicted octanol–water partition coefficient (Wildman–Crippen LogP) is 3.28. The number of piperidine rings is 1. The van der Waals surface area contributed by atoms with E-state index in [2.05, 4.69) is 5.32 Å². The highest BCUT2D eigenvalue weighted by Gasteiger charge is 2.29. The molecule has 30 heavy (non-hydrogen) atoms. The minimum absolute atomic E-state index is 0.0767. The average Bonchev–Trinajstić information content (AvgIpc) is 2.78. The molecular weight excluding hydrogens is 384 g/mol. The SMILES string of the molecule is COC(=O)c1cc(OC)ccc1NC(=O)C1CCCN(C(=O)c2ccc(C)cc2)C1. The van der Waals surface area contributed by atoms with Gasteiger partial charge in [-0.3, -0.25) is 9.59 Å². The van der Waals surface area contributed by atoms with Crippen LogP contribution >= 0.6 is 0 Å². The van der Waals surface area contributed by atoms with Crippen LogP contribution in [0.5, 0.6) is 5.75 Å². The lowest BCUT2D eigenvalue weighted by Crippen LogP contribution is -2.43. The molecule has 1 atom stereocenters. The van der Waals surface area contributed by atoms with Gasteiger partial charge < -0.3 is 19.7 Å². The summed E-state index contributed by atoms with van der Waals surface area (Å²) in [5.74, 6) is -0.746. The number of methoxy groups -OCH3 is 2. The summed E-state index contributed by atoms with van der Waals surface area (Å²) in [6.07, 6.45) is 1.41. The second-order valence-corrected chi connectivity index (χ2v) is 7.35. The zero-order valence-corrected chi connectivity index (χ0v) is 17.4. The third kappa shape index (κ3) is 4.79. The minimum atomic E-state index is -0.566. The number of ether oxygens (including phenoxy) is 2. The number of benzene rings is 2. The molecule has 1 aliphatic rings. The van der Waals surface area contributed by atoms with Crippen LogP contribution in [0.4, 0.5) is 5.69 Å². The normalized spacial score (nSPS) is 16.0. The topological polar surface area (TPSA) is 84.9 Å². The largest absolute Gasteiger partial charge is 0.497 e. The van der Waals surface area contributed by atoms with E-state index in [4.69, 9.17) is 9.47 Å². The van der Waals surface area contributed by atoms with E-state index in [0.29, 0.717) is 36.5 Å². The highest BCUT2D eigenvalue weighted by Crippen LogP contribution is 2.25. The van der Waals surface area contributed by atoms with Crippen molar-refractivity contribution in [2.45, 2.75) is 19.8 Å². The van der Waals surface area contributed by atoms with E-state index in [-0.39, 0.29) is 23.3 Å². The number of amides is 2. The van der Waals surface area contributed by atoms with Gasteiger partial charge >= 0.3 is 5.97 Å². The summed E-state index contributed by atoms with van der Waals surface area (Å²) in [4.78, 5) is 39.5. The monoisotopic (exact) mass is 410 g/mol. The Kier molecular flexibility index (Phi) is 6.72. The van der Waals surface area contributed by atoms with E-state index in [1.165, 1.54) is 20.3 Å². The summed E-state index contributed by atoms with van der Waals surface area (Å²) in [6, 6.07) is 12.2. The smallest absolute Gasteiger partial charge is 0.340 e. The molecule has 2 amide bonds. The molecule has 0 radical (unpaired) electrons. The van der Waals surface area contributed by atoms with Crippen LogP contribution in [0.3, 0.4) is 0 Å². The number of aryl methyl sites for hydroxylation is 1. The molecule has 0 aliphatic carbocycles. The molecule has 0 bridgehead atoms. The summed E-state index contributed by atoms with van der Waals surface area (Å²) in [5.41, 5.74) is 2.27. The van der Waals surface area contributed by atoms with Crippen molar-refractivity contribution < 1.29 is 23.9 Å². The van der Waals surface area contributed by atoms with Gasteiger partial charge in [-0.25, -0.2) is 4.79 Å². The fourth-order valence-corrected chi connectivity index (χ4v) is 3.53. The van der Waals surface area contributed by atoms with Crippen LogP contribution in [0.1, 0.15) is 39.1 Å². The maximum absolute atomic E-state index is 12.9. The van der Waals surface area contributed by atoms with Crippen molar-refractivity contribution in [1.29, 1.82) is 0 Å². The lowest BCUT2D eigenvalue weighted by Gasteiger charge is -2.32. The molecule has 2 aromatic carbocycles. The Morgan fingerprint density at radius 1 is 1.07 bits per heavy atom. The van der Waals surface area contributed by atoms with Gasteiger partial charge in [-0.2, -0.15) is 0 Å². The number of carbonyl (C=O) groups excluding carboxylic acids is 3. The first-order chi connectivity index (χ1) is 14.4. The summed E-state index contributed by atoms with van der Waals surface area (Å²) in [7, 11) is 2.78. The van der Waals surface area contributed by atoms with E-state index in [9.17, 15) is 14.4 Å². The molecule has 0 spiro atoms. The van der Waals surface area contributed by atoms with Crippen molar-refractivity contribution in [2.75, 3.05) is 32.6 Å². The number of nitrogens with one attached hydrogen (secondary N) is 1. The van der Waals surface area contributed by atoms with Crippen molar-refractivity contribution in [2.24, 2.45) is 5.92 Å². The van der Waals surface area contributed by atoms with Crippen LogP contribution in [0.15, 0.2) is 42.5 Å². The third-order valence-electron chi connectivity index (χ3n) is 5.27. The van der Waals surface area contributed by atoms with Gasteiger partial charge in [0, 0.05) is 18.7 Å². The predicted molar refractivity (Wildman–Crippen MR) is 113 cm³/mol. The van der Waals surface area contributed by atoms with Crippen molar-refractivity contribution in [3.8, 4) is 5.75 Å². The Morgan fingerprint density at radius 3 is 2.47 bits per heavy atom. The molecule has 7 heteroatoms. The molecule has 1 unspecified atom stereocenters. The first-order valence-corrected chi connectivity index (χ1v) is 9.86. The number of rotatable bonds is 5.